The first-order chi connectivity index (χ1) is 14.9. The number of methoxy groups -OCH3 is 1. The molecule has 12 heteroatoms. The van der Waals surface area contributed by atoms with E-state index in [1.54, 1.807) is 14.2 Å². The van der Waals surface area contributed by atoms with E-state index in [1.165, 1.54) is 0 Å². The van der Waals surface area contributed by atoms with Gasteiger partial charge < -0.3 is 25.2 Å². The van der Waals surface area contributed by atoms with Crippen LogP contribution in [0, 0.1) is 0 Å². The van der Waals surface area contributed by atoms with Crippen molar-refractivity contribution in [3.8, 4) is 5.75 Å². The lowest BCUT2D eigenvalue weighted by Gasteiger charge is -2.38. The minimum atomic E-state index is -4.49. The maximum Gasteiger partial charge on any atom is 0.433 e. The van der Waals surface area contributed by atoms with Crippen molar-refractivity contribution >= 4 is 41.6 Å². The molecule has 0 radical (unpaired) electrons. The average molecular weight is 565 g/mol. The predicted octanol–water partition coefficient (Wildman–Crippen LogP) is 2.93. The first-order valence-corrected chi connectivity index (χ1v) is 9.90. The van der Waals surface area contributed by atoms with Gasteiger partial charge in [-0.05, 0) is 18.2 Å². The number of rotatable bonds is 6. The van der Waals surface area contributed by atoms with Gasteiger partial charge in [0.05, 0.1) is 12.8 Å². The third-order valence-corrected chi connectivity index (χ3v) is 4.85. The van der Waals surface area contributed by atoms with E-state index in [4.69, 9.17) is 4.74 Å². The number of hydrogen-bond donors (Lipinski definition) is 2. The molecule has 3 rings (SSSR count). The minimum Gasteiger partial charge on any atom is -0.495 e. The Morgan fingerprint density at radius 3 is 2.50 bits per heavy atom. The molecule has 1 aromatic carbocycles. The van der Waals surface area contributed by atoms with Gasteiger partial charge in [-0.2, -0.15) is 13.2 Å². The molecule has 1 saturated heterocycles. The fourth-order valence-electron chi connectivity index (χ4n) is 3.33. The molecule has 1 aromatic heterocycles. The Balaban J connectivity index is 0.00000363. The largest absolute Gasteiger partial charge is 0.495 e. The van der Waals surface area contributed by atoms with E-state index in [0.717, 1.165) is 55.8 Å². The molecule has 8 nitrogen and oxygen atoms in total. The molecular weight excluding hydrogens is 538 g/mol. The van der Waals surface area contributed by atoms with E-state index in [9.17, 15) is 13.2 Å². The van der Waals surface area contributed by atoms with Gasteiger partial charge in [-0.25, -0.2) is 9.97 Å². The highest BCUT2D eigenvalue weighted by Gasteiger charge is 2.32. The van der Waals surface area contributed by atoms with Crippen molar-refractivity contribution in [1.29, 1.82) is 0 Å². The first kappa shape index (κ1) is 25.7. The van der Waals surface area contributed by atoms with E-state index in [1.807, 2.05) is 24.3 Å². The van der Waals surface area contributed by atoms with Gasteiger partial charge in [-0.3, -0.25) is 4.99 Å². The van der Waals surface area contributed by atoms with Gasteiger partial charge in [0.1, 0.15) is 11.4 Å². The molecule has 0 amide bonds. The maximum atomic E-state index is 12.7. The van der Waals surface area contributed by atoms with E-state index in [-0.39, 0.29) is 29.9 Å². The second kappa shape index (κ2) is 11.9. The van der Waals surface area contributed by atoms with Crippen molar-refractivity contribution in [3.05, 3.63) is 42.2 Å². The van der Waals surface area contributed by atoms with Crippen LogP contribution in [0.25, 0.3) is 0 Å². The summed E-state index contributed by atoms with van der Waals surface area (Å²) in [5, 5.41) is 6.02. The molecule has 0 saturated carbocycles. The van der Waals surface area contributed by atoms with Crippen molar-refractivity contribution in [3.63, 3.8) is 0 Å². The highest BCUT2D eigenvalue weighted by molar-refractivity contribution is 14.0. The smallest absolute Gasteiger partial charge is 0.433 e. The number of aromatic nitrogens is 2. The van der Waals surface area contributed by atoms with Gasteiger partial charge in [0.2, 0.25) is 5.95 Å². The lowest BCUT2D eigenvalue weighted by molar-refractivity contribution is -0.141. The molecule has 32 heavy (non-hydrogen) atoms. The van der Waals surface area contributed by atoms with Crippen molar-refractivity contribution in [2.24, 2.45) is 4.99 Å². The molecule has 1 aliphatic heterocycles. The first-order valence-electron chi connectivity index (χ1n) is 9.90. The number of anilines is 2. The molecule has 2 N–H and O–H groups in total. The average Bonchev–Trinajstić information content (AvgIpc) is 2.79. The molecule has 2 heterocycles. The summed E-state index contributed by atoms with van der Waals surface area (Å²) in [4.78, 5) is 16.0. The molecule has 1 fully saturated rings. The number of benzene rings is 1. The van der Waals surface area contributed by atoms with Gasteiger partial charge in [-0.1, -0.05) is 12.1 Å². The van der Waals surface area contributed by atoms with Crippen LogP contribution in [-0.4, -0.2) is 74.3 Å². The zero-order valence-electron chi connectivity index (χ0n) is 17.9. The van der Waals surface area contributed by atoms with E-state index < -0.39 is 11.9 Å². The number of hydrogen-bond acceptors (Lipinski definition) is 6. The number of para-hydroxylation sites is 2. The fraction of sp³-hybridized carbons (Fsp3) is 0.450. The number of ether oxygens (including phenoxy) is 1. The predicted molar refractivity (Wildman–Crippen MR) is 129 cm³/mol. The van der Waals surface area contributed by atoms with Gasteiger partial charge in [0.15, 0.2) is 5.96 Å². The summed E-state index contributed by atoms with van der Waals surface area (Å²) >= 11 is 0. The van der Waals surface area contributed by atoms with Crippen LogP contribution in [0.3, 0.4) is 0 Å². The molecule has 0 bridgehead atoms. The van der Waals surface area contributed by atoms with Crippen molar-refractivity contribution in [2.45, 2.75) is 6.18 Å². The lowest BCUT2D eigenvalue weighted by atomic mass is 10.2. The molecule has 176 valence electrons. The Hall–Kier alpha value is -2.51. The highest BCUT2D eigenvalue weighted by atomic mass is 127. The van der Waals surface area contributed by atoms with Crippen LogP contribution in [0.4, 0.5) is 24.8 Å². The van der Waals surface area contributed by atoms with Gasteiger partial charge in [0.25, 0.3) is 0 Å². The van der Waals surface area contributed by atoms with Crippen LogP contribution in [0.1, 0.15) is 5.69 Å². The molecule has 0 unspecified atom stereocenters. The summed E-state index contributed by atoms with van der Waals surface area (Å²) in [6.45, 7) is 4.00. The van der Waals surface area contributed by atoms with Crippen molar-refractivity contribution in [2.75, 3.05) is 63.6 Å². The molecule has 1 aliphatic rings. The molecule has 0 aliphatic carbocycles. The van der Waals surface area contributed by atoms with E-state index in [0.29, 0.717) is 13.1 Å². The standard InChI is InChI=1S/C20H26F3N7O.HI/c1-24-19(27-10-9-26-18-25-8-7-17(28-18)20(21,22)23)30-13-11-29(12-14-30)15-5-3-4-6-16(15)31-2;/h3-8H,9-14H2,1-2H3,(H,24,27)(H,25,26,28);1H. The summed E-state index contributed by atoms with van der Waals surface area (Å²) in [5.74, 6) is 1.53. The molecule has 2 aromatic rings. The third-order valence-electron chi connectivity index (χ3n) is 4.85. The van der Waals surface area contributed by atoms with Gasteiger partial charge >= 0.3 is 6.18 Å². The number of nitrogens with zero attached hydrogens (tertiary/aromatic N) is 5. The van der Waals surface area contributed by atoms with E-state index in [2.05, 4.69) is 35.4 Å². The lowest BCUT2D eigenvalue weighted by Crippen LogP contribution is -2.53. The van der Waals surface area contributed by atoms with Crippen LogP contribution < -0.4 is 20.3 Å². The number of alkyl halides is 3. The monoisotopic (exact) mass is 565 g/mol. The molecular formula is C20H27F3IN7O. The Morgan fingerprint density at radius 2 is 1.84 bits per heavy atom. The van der Waals surface area contributed by atoms with Crippen LogP contribution in [0.15, 0.2) is 41.5 Å². The fourth-order valence-corrected chi connectivity index (χ4v) is 3.33. The Labute approximate surface area is 202 Å². The van der Waals surface area contributed by atoms with Crippen molar-refractivity contribution in [1.82, 2.24) is 20.2 Å². The normalized spacial score (nSPS) is 14.6. The van der Waals surface area contributed by atoms with Crippen LogP contribution in [0.2, 0.25) is 0 Å². The third kappa shape index (κ3) is 6.74. The van der Waals surface area contributed by atoms with Crippen molar-refractivity contribution < 1.29 is 17.9 Å². The number of guanidine groups is 1. The zero-order chi connectivity index (χ0) is 22.3. The number of piperazine rings is 1. The van der Waals surface area contributed by atoms with Crippen LogP contribution in [0.5, 0.6) is 5.75 Å². The SMILES string of the molecule is CN=C(NCCNc1nccc(C(F)(F)F)n1)N1CCN(c2ccccc2OC)CC1.I. The summed E-state index contributed by atoms with van der Waals surface area (Å²) < 4.78 is 43.6. The second-order valence-electron chi connectivity index (χ2n) is 6.81. The summed E-state index contributed by atoms with van der Waals surface area (Å²) in [6.07, 6.45) is -3.41. The van der Waals surface area contributed by atoms with Gasteiger partial charge in [-0.15, -0.1) is 24.0 Å². The Morgan fingerprint density at radius 1 is 1.12 bits per heavy atom. The quantitative estimate of drug-likeness (QED) is 0.242. The van der Waals surface area contributed by atoms with Crippen LogP contribution >= 0.6 is 24.0 Å². The summed E-state index contributed by atoms with van der Waals surface area (Å²) in [6, 6.07) is 8.77. The van der Waals surface area contributed by atoms with Gasteiger partial charge in [0, 0.05) is 52.5 Å². The van der Waals surface area contributed by atoms with Crippen LogP contribution in [-0.2, 0) is 6.18 Å². The molecule has 0 atom stereocenters. The van der Waals surface area contributed by atoms with E-state index >= 15 is 0 Å². The Bertz CT molecular complexity index is 889. The maximum absolute atomic E-state index is 12.7. The topological polar surface area (TPSA) is 77.9 Å². The zero-order valence-corrected chi connectivity index (χ0v) is 20.2. The number of aliphatic imine (C=N–C) groups is 1. The Kier molecular flexibility index (Phi) is 9.60. The highest BCUT2D eigenvalue weighted by Crippen LogP contribution is 2.28. The second-order valence-corrected chi connectivity index (χ2v) is 6.81. The summed E-state index contributed by atoms with van der Waals surface area (Å²) in [7, 11) is 3.37. The number of halogens is 4. The number of nitrogens with one attached hydrogen (secondary N) is 2. The molecule has 0 spiro atoms. The summed E-state index contributed by atoms with van der Waals surface area (Å²) in [5.41, 5.74) is 0.0968. The minimum absolute atomic E-state index is 0.